The van der Waals surface area contributed by atoms with Crippen molar-refractivity contribution in [3.05, 3.63) is 51.9 Å². The molecule has 88 valence electrons. The van der Waals surface area contributed by atoms with Gasteiger partial charge in [-0.2, -0.15) is 0 Å². The molecule has 4 heteroatoms. The zero-order valence-corrected chi connectivity index (χ0v) is 10.9. The lowest BCUT2D eigenvalue weighted by Gasteiger charge is -2.05. The number of hydrogen-bond acceptors (Lipinski definition) is 3. The molecule has 0 saturated heterocycles. The van der Waals surface area contributed by atoms with E-state index in [1.165, 1.54) is 0 Å². The minimum Gasteiger partial charge on any atom is -0.496 e. The van der Waals surface area contributed by atoms with Crippen molar-refractivity contribution < 1.29 is 13.9 Å². The summed E-state index contributed by atoms with van der Waals surface area (Å²) in [6.45, 7) is 0. The molecule has 0 unspecified atom stereocenters. The lowest BCUT2D eigenvalue weighted by atomic mass is 10.1. The summed E-state index contributed by atoms with van der Waals surface area (Å²) in [7, 11) is 1.63. The maximum Gasteiger partial charge on any atom is 0.185 e. The number of halogens is 1. The topological polar surface area (TPSA) is 39.4 Å². The fraction of sp³-hybridized carbons (Fsp3) is 0.154. The highest BCUT2D eigenvalue weighted by molar-refractivity contribution is 9.10. The molecule has 0 saturated carbocycles. The van der Waals surface area contributed by atoms with Crippen LogP contribution in [0, 0.1) is 0 Å². The van der Waals surface area contributed by atoms with E-state index in [9.17, 15) is 4.79 Å². The summed E-state index contributed by atoms with van der Waals surface area (Å²) in [4.78, 5) is 10.5. The summed E-state index contributed by atoms with van der Waals surface area (Å²) in [5.74, 6) is 1.92. The van der Waals surface area contributed by atoms with Gasteiger partial charge in [-0.05, 0) is 45.8 Å². The van der Waals surface area contributed by atoms with Crippen LogP contribution in [0.25, 0.3) is 0 Å². The molecule has 0 bridgehead atoms. The molecular weight excluding hydrogens is 284 g/mol. The summed E-state index contributed by atoms with van der Waals surface area (Å²) in [5.41, 5.74) is 1.09. The highest BCUT2D eigenvalue weighted by Gasteiger charge is 2.05. The second kappa shape index (κ2) is 5.19. The zero-order valence-electron chi connectivity index (χ0n) is 9.27. The van der Waals surface area contributed by atoms with Gasteiger partial charge in [0, 0.05) is 6.42 Å². The van der Waals surface area contributed by atoms with Crippen LogP contribution in [0.15, 0.2) is 39.2 Å². The number of ether oxygens (including phenoxy) is 1. The fourth-order valence-corrected chi connectivity index (χ4v) is 2.16. The van der Waals surface area contributed by atoms with Crippen LogP contribution >= 0.6 is 15.9 Å². The van der Waals surface area contributed by atoms with E-state index in [4.69, 9.17) is 9.15 Å². The number of hydrogen-bond donors (Lipinski definition) is 0. The number of rotatable bonds is 4. The van der Waals surface area contributed by atoms with Gasteiger partial charge in [0.15, 0.2) is 12.0 Å². The molecule has 0 N–H and O–H groups in total. The Hall–Kier alpha value is -1.55. The second-order valence-electron chi connectivity index (χ2n) is 3.57. The van der Waals surface area contributed by atoms with Gasteiger partial charge in [-0.1, -0.05) is 6.07 Å². The van der Waals surface area contributed by atoms with E-state index >= 15 is 0 Å². The van der Waals surface area contributed by atoms with E-state index in [2.05, 4.69) is 15.9 Å². The predicted octanol–water partition coefficient (Wildman–Crippen LogP) is 3.45. The Morgan fingerprint density at radius 2 is 2.18 bits per heavy atom. The summed E-state index contributed by atoms with van der Waals surface area (Å²) in [5, 5.41) is 0. The van der Waals surface area contributed by atoms with Crippen LogP contribution in [0.2, 0.25) is 0 Å². The first-order valence-corrected chi connectivity index (χ1v) is 5.88. The van der Waals surface area contributed by atoms with E-state index in [-0.39, 0.29) is 0 Å². The van der Waals surface area contributed by atoms with Crippen molar-refractivity contribution >= 4 is 22.2 Å². The highest BCUT2D eigenvalue weighted by atomic mass is 79.9. The molecule has 0 aliphatic carbocycles. The quantitative estimate of drug-likeness (QED) is 0.811. The molecule has 0 atom stereocenters. The van der Waals surface area contributed by atoms with Gasteiger partial charge in [-0.25, -0.2) is 0 Å². The van der Waals surface area contributed by atoms with Crippen LogP contribution in [0.4, 0.5) is 0 Å². The van der Waals surface area contributed by atoms with Crippen molar-refractivity contribution in [3.63, 3.8) is 0 Å². The second-order valence-corrected chi connectivity index (χ2v) is 4.42. The normalized spacial score (nSPS) is 10.2. The molecule has 1 aromatic carbocycles. The van der Waals surface area contributed by atoms with Gasteiger partial charge >= 0.3 is 0 Å². The lowest BCUT2D eigenvalue weighted by Crippen LogP contribution is -1.89. The number of carbonyl (C=O) groups excluding carboxylic acids is 1. The largest absolute Gasteiger partial charge is 0.496 e. The van der Waals surface area contributed by atoms with Gasteiger partial charge in [-0.15, -0.1) is 0 Å². The van der Waals surface area contributed by atoms with E-state index in [0.29, 0.717) is 18.5 Å². The van der Waals surface area contributed by atoms with Crippen molar-refractivity contribution in [2.24, 2.45) is 0 Å². The van der Waals surface area contributed by atoms with E-state index < -0.39 is 0 Å². The summed E-state index contributed by atoms with van der Waals surface area (Å²) >= 11 is 3.43. The SMILES string of the molecule is COc1ccc(Cc2ccc(C=O)o2)cc1Br. The average Bonchev–Trinajstić information content (AvgIpc) is 2.77. The van der Waals surface area contributed by atoms with Crippen LogP contribution in [-0.2, 0) is 6.42 Å². The molecule has 0 aliphatic rings. The third-order valence-electron chi connectivity index (χ3n) is 2.39. The van der Waals surface area contributed by atoms with E-state index in [0.717, 1.165) is 21.5 Å². The highest BCUT2D eigenvalue weighted by Crippen LogP contribution is 2.26. The van der Waals surface area contributed by atoms with Gasteiger partial charge in [0.25, 0.3) is 0 Å². The third kappa shape index (κ3) is 2.77. The maximum absolute atomic E-state index is 10.5. The standard InChI is InChI=1S/C13H11BrO3/c1-16-13-5-2-9(7-12(13)14)6-10-3-4-11(8-15)17-10/h2-5,7-8H,6H2,1H3. The Morgan fingerprint density at radius 1 is 1.35 bits per heavy atom. The van der Waals surface area contributed by atoms with Crippen LogP contribution < -0.4 is 4.74 Å². The van der Waals surface area contributed by atoms with E-state index in [1.807, 2.05) is 24.3 Å². The van der Waals surface area contributed by atoms with Gasteiger partial charge in [0.1, 0.15) is 11.5 Å². The van der Waals surface area contributed by atoms with Gasteiger partial charge in [0.05, 0.1) is 11.6 Å². The predicted molar refractivity (Wildman–Crippen MR) is 67.6 cm³/mol. The van der Waals surface area contributed by atoms with Crippen molar-refractivity contribution in [1.29, 1.82) is 0 Å². The Kier molecular flexibility index (Phi) is 3.64. The maximum atomic E-state index is 10.5. The van der Waals surface area contributed by atoms with Crippen molar-refractivity contribution in [2.45, 2.75) is 6.42 Å². The smallest absolute Gasteiger partial charge is 0.185 e. The number of aldehydes is 1. The van der Waals surface area contributed by atoms with E-state index in [1.54, 1.807) is 13.2 Å². The summed E-state index contributed by atoms with van der Waals surface area (Å²) in [6.07, 6.45) is 1.35. The Labute approximate surface area is 108 Å². The molecule has 0 fully saturated rings. The van der Waals surface area contributed by atoms with Crippen LogP contribution in [0.1, 0.15) is 21.9 Å². The number of methoxy groups -OCH3 is 1. The third-order valence-corrected chi connectivity index (χ3v) is 3.01. The number of carbonyl (C=O) groups is 1. The molecule has 2 aromatic rings. The Bertz CT molecular complexity index is 531. The number of furan rings is 1. The first-order valence-electron chi connectivity index (χ1n) is 5.09. The first-order chi connectivity index (χ1) is 8.22. The van der Waals surface area contributed by atoms with Gasteiger partial charge in [-0.3, -0.25) is 4.79 Å². The molecule has 0 amide bonds. The van der Waals surface area contributed by atoms with Gasteiger partial charge in [0.2, 0.25) is 0 Å². The molecule has 17 heavy (non-hydrogen) atoms. The minimum atomic E-state index is 0.354. The van der Waals surface area contributed by atoms with Crippen LogP contribution in [0.5, 0.6) is 5.75 Å². The first kappa shape index (κ1) is 11.9. The fourth-order valence-electron chi connectivity index (χ4n) is 1.57. The molecule has 2 rings (SSSR count). The Morgan fingerprint density at radius 3 is 2.76 bits per heavy atom. The molecule has 1 heterocycles. The van der Waals surface area contributed by atoms with Crippen molar-refractivity contribution in [1.82, 2.24) is 0 Å². The van der Waals surface area contributed by atoms with Crippen molar-refractivity contribution in [2.75, 3.05) is 7.11 Å². The molecule has 1 aromatic heterocycles. The van der Waals surface area contributed by atoms with Crippen LogP contribution in [-0.4, -0.2) is 13.4 Å². The van der Waals surface area contributed by atoms with Gasteiger partial charge < -0.3 is 9.15 Å². The lowest BCUT2D eigenvalue weighted by molar-refractivity contribution is 0.109. The summed E-state index contributed by atoms with van der Waals surface area (Å²) < 4.78 is 11.4. The molecule has 3 nitrogen and oxygen atoms in total. The average molecular weight is 295 g/mol. The number of benzene rings is 1. The summed E-state index contributed by atoms with van der Waals surface area (Å²) in [6, 6.07) is 9.31. The minimum absolute atomic E-state index is 0.354. The molecule has 0 radical (unpaired) electrons. The zero-order chi connectivity index (χ0) is 12.3. The molecular formula is C13H11BrO3. The molecule has 0 aliphatic heterocycles. The van der Waals surface area contributed by atoms with Crippen molar-refractivity contribution in [3.8, 4) is 5.75 Å². The molecule has 0 spiro atoms. The Balaban J connectivity index is 2.18. The van der Waals surface area contributed by atoms with Crippen LogP contribution in [0.3, 0.4) is 0 Å². The monoisotopic (exact) mass is 294 g/mol.